The van der Waals surface area contributed by atoms with E-state index in [1.807, 2.05) is 0 Å². The molecule has 0 heterocycles. The van der Waals surface area contributed by atoms with Crippen LogP contribution in [0.4, 0.5) is 10.5 Å². The van der Waals surface area contributed by atoms with Gasteiger partial charge in [-0.3, -0.25) is 4.79 Å². The second-order valence-electron chi connectivity index (χ2n) is 6.82. The first-order valence-electron chi connectivity index (χ1n) is 9.94. The van der Waals surface area contributed by atoms with Gasteiger partial charge in [0.25, 0.3) is 0 Å². The molecule has 2 aromatic rings. The Hall–Kier alpha value is -3.59. The third-order valence-electron chi connectivity index (χ3n) is 4.45. The van der Waals surface area contributed by atoms with Gasteiger partial charge in [0.1, 0.15) is 6.04 Å². The van der Waals surface area contributed by atoms with Gasteiger partial charge in [0.2, 0.25) is 5.91 Å². The number of benzene rings is 2. The van der Waals surface area contributed by atoms with Gasteiger partial charge in [-0.25, -0.2) is 9.59 Å². The fraction of sp³-hybridized carbons (Fsp3) is 0.273. The minimum atomic E-state index is -0.832. The fourth-order valence-electron chi connectivity index (χ4n) is 2.81. The molecule has 0 bridgehead atoms. The molecular formula is C22H26ClN5O4. The number of nitrogens with two attached hydrogens (primary N) is 1. The summed E-state index contributed by atoms with van der Waals surface area (Å²) in [6.45, 7) is 3.42. The van der Waals surface area contributed by atoms with Gasteiger partial charge < -0.3 is 26.5 Å². The van der Waals surface area contributed by atoms with Gasteiger partial charge in [-0.2, -0.15) is 5.10 Å². The number of amides is 3. The Bertz CT molecular complexity index is 948. The number of anilines is 1. The number of esters is 1. The Morgan fingerprint density at radius 1 is 1.12 bits per heavy atom. The van der Waals surface area contributed by atoms with Crippen molar-refractivity contribution in [3.63, 3.8) is 0 Å². The van der Waals surface area contributed by atoms with Crippen molar-refractivity contribution < 1.29 is 19.1 Å². The Kier molecular flexibility index (Phi) is 9.49. The Morgan fingerprint density at radius 3 is 2.38 bits per heavy atom. The van der Waals surface area contributed by atoms with Crippen LogP contribution in [0.1, 0.15) is 30.9 Å². The zero-order chi connectivity index (χ0) is 23.5. The molecule has 0 radical (unpaired) electrons. The summed E-state index contributed by atoms with van der Waals surface area (Å²) in [5, 5.41) is 12.0. The predicted octanol–water partition coefficient (Wildman–Crippen LogP) is 2.61. The first-order valence-corrected chi connectivity index (χ1v) is 10.3. The maximum absolute atomic E-state index is 12.9. The Balaban J connectivity index is 2.05. The van der Waals surface area contributed by atoms with Crippen LogP contribution < -0.4 is 21.8 Å². The molecule has 0 saturated carbocycles. The number of rotatable bonds is 9. The van der Waals surface area contributed by atoms with E-state index in [2.05, 4.69) is 21.1 Å². The van der Waals surface area contributed by atoms with Gasteiger partial charge >= 0.3 is 12.0 Å². The van der Waals surface area contributed by atoms with Crippen molar-refractivity contribution in [2.24, 2.45) is 10.9 Å². The average Bonchev–Trinajstić information content (AvgIpc) is 2.76. The molecule has 2 aromatic carbocycles. The van der Waals surface area contributed by atoms with Gasteiger partial charge in [0.15, 0.2) is 0 Å². The molecule has 0 aliphatic rings. The number of carbonyl (C=O) groups excluding carboxylic acids is 3. The molecule has 10 heteroatoms. The molecule has 3 amide bonds. The molecule has 32 heavy (non-hydrogen) atoms. The van der Waals surface area contributed by atoms with E-state index in [1.54, 1.807) is 55.5 Å². The van der Waals surface area contributed by atoms with Crippen molar-refractivity contribution in [3.8, 4) is 0 Å². The number of carbonyl (C=O) groups is 3. The fourth-order valence-corrected chi connectivity index (χ4v) is 2.93. The van der Waals surface area contributed by atoms with E-state index in [0.717, 1.165) is 5.56 Å². The number of nitrogens with zero attached hydrogens (tertiary/aromatic N) is 1. The Labute approximate surface area is 191 Å². The molecular weight excluding hydrogens is 434 g/mol. The van der Waals surface area contributed by atoms with E-state index in [4.69, 9.17) is 22.2 Å². The molecule has 0 aromatic heterocycles. The lowest BCUT2D eigenvalue weighted by Gasteiger charge is -2.20. The summed E-state index contributed by atoms with van der Waals surface area (Å²) in [5.74, 6) is 3.39. The molecule has 0 fully saturated rings. The van der Waals surface area contributed by atoms with Gasteiger partial charge in [-0.05, 0) is 49.2 Å². The average molecular weight is 460 g/mol. The van der Waals surface area contributed by atoms with Crippen LogP contribution in [0, 0.1) is 0 Å². The van der Waals surface area contributed by atoms with Crippen molar-refractivity contribution in [1.82, 2.24) is 10.6 Å². The highest BCUT2D eigenvalue weighted by molar-refractivity contribution is 6.30. The van der Waals surface area contributed by atoms with Crippen molar-refractivity contribution in [2.75, 3.05) is 18.5 Å². The maximum Gasteiger partial charge on any atom is 0.328 e. The quantitative estimate of drug-likeness (QED) is 0.198. The number of hydrogen-bond donors (Lipinski definition) is 4. The molecule has 0 aliphatic carbocycles. The third-order valence-corrected chi connectivity index (χ3v) is 4.70. The van der Waals surface area contributed by atoms with E-state index in [-0.39, 0.29) is 13.2 Å². The van der Waals surface area contributed by atoms with Crippen molar-refractivity contribution in [3.05, 3.63) is 64.7 Å². The highest BCUT2D eigenvalue weighted by atomic mass is 35.5. The predicted molar refractivity (Wildman–Crippen MR) is 124 cm³/mol. The molecule has 0 saturated heterocycles. The number of ether oxygens (including phenoxy) is 1. The van der Waals surface area contributed by atoms with Crippen LogP contribution in [0.15, 0.2) is 53.6 Å². The van der Waals surface area contributed by atoms with Crippen LogP contribution in [0.25, 0.3) is 0 Å². The Morgan fingerprint density at radius 2 is 1.78 bits per heavy atom. The molecule has 0 spiro atoms. The minimum absolute atomic E-state index is 0.00718. The molecule has 9 nitrogen and oxygen atoms in total. The lowest BCUT2D eigenvalue weighted by atomic mass is 9.97. The molecule has 2 unspecified atom stereocenters. The maximum atomic E-state index is 12.9. The van der Waals surface area contributed by atoms with Crippen LogP contribution in [0.2, 0.25) is 5.02 Å². The number of hydrazone groups is 1. The van der Waals surface area contributed by atoms with Crippen LogP contribution in [0.3, 0.4) is 0 Å². The zero-order valence-electron chi connectivity index (χ0n) is 17.8. The zero-order valence-corrected chi connectivity index (χ0v) is 18.6. The summed E-state index contributed by atoms with van der Waals surface area (Å²) in [4.78, 5) is 37.1. The van der Waals surface area contributed by atoms with E-state index in [1.165, 1.54) is 13.1 Å². The first-order chi connectivity index (χ1) is 15.3. The van der Waals surface area contributed by atoms with Crippen LogP contribution in [0.5, 0.6) is 0 Å². The third kappa shape index (κ3) is 7.59. The number of urea groups is 1. The summed E-state index contributed by atoms with van der Waals surface area (Å²) in [5.41, 5.74) is 1.97. The highest BCUT2D eigenvalue weighted by Crippen LogP contribution is 2.19. The van der Waals surface area contributed by atoms with Crippen LogP contribution in [-0.4, -0.2) is 43.3 Å². The van der Waals surface area contributed by atoms with Gasteiger partial charge in [-0.1, -0.05) is 35.9 Å². The lowest BCUT2D eigenvalue weighted by molar-refractivity contribution is -0.147. The van der Waals surface area contributed by atoms with E-state index >= 15 is 0 Å². The number of halogens is 1. The number of hydrogen-bond acceptors (Lipinski definition) is 6. The summed E-state index contributed by atoms with van der Waals surface area (Å²) < 4.78 is 4.93. The summed E-state index contributed by atoms with van der Waals surface area (Å²) >= 11 is 5.95. The largest absolute Gasteiger partial charge is 0.464 e. The van der Waals surface area contributed by atoms with Crippen molar-refractivity contribution >= 4 is 41.4 Å². The standard InChI is InChI=1S/C22H26ClN5O4/c1-3-32-21(30)14(2)27-20(29)19(16-6-8-17(23)9-7-16)13-25-22(31)28-18-10-4-15(5-11-18)12-26-24/h4-12,14,19H,3,13,24H2,1-2H3,(H,27,29)(H2,25,28,31). The second-order valence-corrected chi connectivity index (χ2v) is 7.26. The molecule has 5 N–H and O–H groups in total. The molecule has 2 atom stereocenters. The van der Waals surface area contributed by atoms with Crippen molar-refractivity contribution in [1.29, 1.82) is 0 Å². The summed E-state index contributed by atoms with van der Waals surface area (Å²) in [6.07, 6.45) is 1.48. The van der Waals surface area contributed by atoms with E-state index in [9.17, 15) is 14.4 Å². The van der Waals surface area contributed by atoms with Gasteiger partial charge in [0, 0.05) is 17.3 Å². The van der Waals surface area contributed by atoms with Crippen LogP contribution in [-0.2, 0) is 14.3 Å². The van der Waals surface area contributed by atoms with Gasteiger partial charge in [0.05, 0.1) is 18.7 Å². The van der Waals surface area contributed by atoms with E-state index < -0.39 is 29.9 Å². The lowest BCUT2D eigenvalue weighted by Crippen LogP contribution is -2.45. The molecule has 0 aliphatic heterocycles. The number of nitrogens with one attached hydrogen (secondary N) is 3. The minimum Gasteiger partial charge on any atom is -0.464 e. The summed E-state index contributed by atoms with van der Waals surface area (Å²) in [7, 11) is 0. The van der Waals surface area contributed by atoms with E-state index in [0.29, 0.717) is 16.3 Å². The first kappa shape index (κ1) is 24.7. The molecule has 170 valence electrons. The normalized spacial score (nSPS) is 12.6. The van der Waals surface area contributed by atoms with Crippen molar-refractivity contribution in [2.45, 2.75) is 25.8 Å². The van der Waals surface area contributed by atoms with Gasteiger partial charge in [-0.15, -0.1) is 0 Å². The monoisotopic (exact) mass is 459 g/mol. The second kappa shape index (κ2) is 12.3. The highest BCUT2D eigenvalue weighted by Gasteiger charge is 2.25. The smallest absolute Gasteiger partial charge is 0.328 e. The van der Waals surface area contributed by atoms with Crippen LogP contribution >= 0.6 is 11.6 Å². The topological polar surface area (TPSA) is 135 Å². The SMILES string of the molecule is CCOC(=O)C(C)NC(=O)C(CNC(=O)Nc1ccc(C=NN)cc1)c1ccc(Cl)cc1. The molecule has 2 rings (SSSR count). The summed E-state index contributed by atoms with van der Waals surface area (Å²) in [6, 6.07) is 12.2.